The molecule has 0 aliphatic rings. The van der Waals surface area contributed by atoms with Crippen LogP contribution < -0.4 is 5.73 Å². The minimum atomic E-state index is -0.337. The lowest BCUT2D eigenvalue weighted by Gasteiger charge is -2.07. The quantitative estimate of drug-likeness (QED) is 0.753. The van der Waals surface area contributed by atoms with Crippen LogP contribution >= 0.6 is 0 Å². The van der Waals surface area contributed by atoms with Crippen LogP contribution in [0.4, 0.5) is 10.3 Å². The Morgan fingerprint density at radius 3 is 2.90 bits per heavy atom. The van der Waals surface area contributed by atoms with Gasteiger partial charge in [0.15, 0.2) is 5.82 Å². The van der Waals surface area contributed by atoms with E-state index in [0.717, 1.165) is 18.4 Å². The smallest absolute Gasteiger partial charge is 0.201 e. The van der Waals surface area contributed by atoms with E-state index in [0.29, 0.717) is 37.8 Å². The van der Waals surface area contributed by atoms with Crippen molar-refractivity contribution in [2.45, 2.75) is 19.4 Å². The van der Waals surface area contributed by atoms with Crippen molar-refractivity contribution < 1.29 is 13.9 Å². The van der Waals surface area contributed by atoms with E-state index in [-0.39, 0.29) is 5.82 Å². The number of rotatable bonds is 8. The summed E-state index contributed by atoms with van der Waals surface area (Å²) in [5.41, 5.74) is 6.91. The van der Waals surface area contributed by atoms with Crippen molar-refractivity contribution in [3.05, 3.63) is 24.0 Å². The molecule has 2 N–H and O–H groups in total. The predicted molar refractivity (Wildman–Crippen MR) is 76.0 cm³/mol. The van der Waals surface area contributed by atoms with Crippen molar-refractivity contribution in [3.8, 4) is 0 Å². The molecule has 1 heterocycles. The SMILES string of the molecule is COCCOCCCCn1c(N)nc2c(F)cccc21. The number of anilines is 1. The second-order valence-electron chi connectivity index (χ2n) is 4.54. The first-order chi connectivity index (χ1) is 9.74. The first-order valence-corrected chi connectivity index (χ1v) is 6.71. The van der Waals surface area contributed by atoms with Gasteiger partial charge in [0.2, 0.25) is 5.95 Å². The van der Waals surface area contributed by atoms with Gasteiger partial charge in [0.25, 0.3) is 0 Å². The van der Waals surface area contributed by atoms with Gasteiger partial charge in [-0.2, -0.15) is 0 Å². The molecule has 0 aliphatic heterocycles. The number of aryl methyl sites for hydroxylation is 1. The summed E-state index contributed by atoms with van der Waals surface area (Å²) in [5.74, 6) is 0.0150. The van der Waals surface area contributed by atoms with Gasteiger partial charge < -0.3 is 19.8 Å². The molecule has 0 spiro atoms. The van der Waals surface area contributed by atoms with Crippen molar-refractivity contribution in [2.24, 2.45) is 0 Å². The number of para-hydroxylation sites is 1. The van der Waals surface area contributed by atoms with Gasteiger partial charge >= 0.3 is 0 Å². The molecule has 0 bridgehead atoms. The number of nitrogens with zero attached hydrogens (tertiary/aromatic N) is 2. The largest absolute Gasteiger partial charge is 0.382 e. The van der Waals surface area contributed by atoms with E-state index >= 15 is 0 Å². The maximum atomic E-state index is 13.6. The Morgan fingerprint density at radius 1 is 1.25 bits per heavy atom. The number of imidazole rings is 1. The summed E-state index contributed by atoms with van der Waals surface area (Å²) in [6, 6.07) is 4.89. The molecular weight excluding hydrogens is 261 g/mol. The molecule has 5 nitrogen and oxygen atoms in total. The summed E-state index contributed by atoms with van der Waals surface area (Å²) in [4.78, 5) is 4.07. The summed E-state index contributed by atoms with van der Waals surface area (Å²) in [6.07, 6.45) is 1.82. The van der Waals surface area contributed by atoms with Crippen molar-refractivity contribution in [1.29, 1.82) is 0 Å². The summed E-state index contributed by atoms with van der Waals surface area (Å²) in [7, 11) is 1.65. The van der Waals surface area contributed by atoms with E-state index in [2.05, 4.69) is 4.98 Å². The molecule has 1 aromatic carbocycles. The minimum absolute atomic E-state index is 0.335. The van der Waals surface area contributed by atoms with E-state index < -0.39 is 0 Å². The van der Waals surface area contributed by atoms with Crippen LogP contribution in [0.1, 0.15) is 12.8 Å². The number of benzene rings is 1. The molecule has 6 heteroatoms. The number of hydrogen-bond acceptors (Lipinski definition) is 4. The van der Waals surface area contributed by atoms with Gasteiger partial charge in [-0.3, -0.25) is 0 Å². The molecule has 0 aliphatic carbocycles. The van der Waals surface area contributed by atoms with Crippen LogP contribution in [0.2, 0.25) is 0 Å². The third-order valence-corrected chi connectivity index (χ3v) is 3.11. The van der Waals surface area contributed by atoms with Crippen LogP contribution in [0.15, 0.2) is 18.2 Å². The molecule has 110 valence electrons. The number of hydrogen-bond donors (Lipinski definition) is 1. The fraction of sp³-hybridized carbons (Fsp3) is 0.500. The van der Waals surface area contributed by atoms with Crippen LogP contribution in [-0.4, -0.2) is 36.5 Å². The van der Waals surface area contributed by atoms with Crippen molar-refractivity contribution in [2.75, 3.05) is 32.7 Å². The standard InChI is InChI=1S/C14H20FN3O2/c1-19-9-10-20-8-3-2-7-18-12-6-4-5-11(15)13(12)17-14(18)16/h4-6H,2-3,7-10H2,1H3,(H2,16,17). The molecule has 0 radical (unpaired) electrons. The summed E-state index contributed by atoms with van der Waals surface area (Å²) in [5, 5.41) is 0. The van der Waals surface area contributed by atoms with Gasteiger partial charge in [0.05, 0.1) is 18.7 Å². The number of nitrogen functional groups attached to an aromatic ring is 1. The highest BCUT2D eigenvalue weighted by Crippen LogP contribution is 2.20. The van der Waals surface area contributed by atoms with Gasteiger partial charge in [-0.05, 0) is 25.0 Å². The molecule has 0 saturated carbocycles. The van der Waals surface area contributed by atoms with Gasteiger partial charge in [0, 0.05) is 20.3 Å². The zero-order valence-electron chi connectivity index (χ0n) is 11.6. The van der Waals surface area contributed by atoms with Gasteiger partial charge in [-0.1, -0.05) is 6.07 Å². The Kier molecular flexibility index (Phi) is 5.31. The Balaban J connectivity index is 1.87. The van der Waals surface area contributed by atoms with E-state index in [9.17, 15) is 4.39 Å². The average Bonchev–Trinajstić information content (AvgIpc) is 2.76. The monoisotopic (exact) mass is 281 g/mol. The molecule has 2 aromatic rings. The number of fused-ring (bicyclic) bond motifs is 1. The van der Waals surface area contributed by atoms with Crippen LogP contribution in [-0.2, 0) is 16.0 Å². The maximum Gasteiger partial charge on any atom is 0.201 e. The molecule has 20 heavy (non-hydrogen) atoms. The Labute approximate surface area is 117 Å². The molecule has 0 amide bonds. The van der Waals surface area contributed by atoms with E-state index in [1.54, 1.807) is 13.2 Å². The van der Waals surface area contributed by atoms with E-state index in [1.165, 1.54) is 6.07 Å². The molecule has 1 aromatic heterocycles. The molecule has 0 unspecified atom stereocenters. The highest BCUT2D eigenvalue weighted by atomic mass is 19.1. The number of halogens is 1. The van der Waals surface area contributed by atoms with Crippen molar-refractivity contribution >= 4 is 17.0 Å². The summed E-state index contributed by atoms with van der Waals surface area (Å²) in [6.45, 7) is 2.61. The normalized spacial score (nSPS) is 11.3. The molecular formula is C14H20FN3O2. The highest BCUT2D eigenvalue weighted by Gasteiger charge is 2.10. The Bertz CT molecular complexity index is 557. The third-order valence-electron chi connectivity index (χ3n) is 3.11. The Hall–Kier alpha value is -1.66. The first kappa shape index (κ1) is 14.7. The zero-order valence-corrected chi connectivity index (χ0v) is 11.6. The molecule has 0 saturated heterocycles. The number of methoxy groups -OCH3 is 1. The molecule has 0 atom stereocenters. The van der Waals surface area contributed by atoms with Crippen molar-refractivity contribution in [1.82, 2.24) is 9.55 Å². The Morgan fingerprint density at radius 2 is 2.10 bits per heavy atom. The maximum absolute atomic E-state index is 13.6. The van der Waals surface area contributed by atoms with E-state index in [4.69, 9.17) is 15.2 Å². The van der Waals surface area contributed by atoms with Crippen LogP contribution in [0, 0.1) is 5.82 Å². The number of aromatic nitrogens is 2. The topological polar surface area (TPSA) is 62.3 Å². The zero-order chi connectivity index (χ0) is 14.4. The third kappa shape index (κ3) is 3.46. The second-order valence-corrected chi connectivity index (χ2v) is 4.54. The average molecular weight is 281 g/mol. The lowest BCUT2D eigenvalue weighted by Crippen LogP contribution is -2.06. The van der Waals surface area contributed by atoms with Crippen LogP contribution in [0.3, 0.4) is 0 Å². The molecule has 2 rings (SSSR count). The molecule has 0 fully saturated rings. The number of nitrogens with two attached hydrogens (primary N) is 1. The van der Waals surface area contributed by atoms with Crippen LogP contribution in [0.25, 0.3) is 11.0 Å². The van der Waals surface area contributed by atoms with E-state index in [1.807, 2.05) is 10.6 Å². The first-order valence-electron chi connectivity index (χ1n) is 6.71. The van der Waals surface area contributed by atoms with Crippen molar-refractivity contribution in [3.63, 3.8) is 0 Å². The van der Waals surface area contributed by atoms with Gasteiger partial charge in [-0.15, -0.1) is 0 Å². The fourth-order valence-corrected chi connectivity index (χ4v) is 2.08. The second kappa shape index (κ2) is 7.21. The van der Waals surface area contributed by atoms with Gasteiger partial charge in [-0.25, -0.2) is 9.37 Å². The minimum Gasteiger partial charge on any atom is -0.382 e. The highest BCUT2D eigenvalue weighted by molar-refractivity contribution is 5.78. The fourth-order valence-electron chi connectivity index (χ4n) is 2.08. The van der Waals surface area contributed by atoms with Gasteiger partial charge in [0.1, 0.15) is 5.52 Å². The summed E-state index contributed by atoms with van der Waals surface area (Å²) >= 11 is 0. The lowest BCUT2D eigenvalue weighted by atomic mass is 10.3. The van der Waals surface area contributed by atoms with Crippen LogP contribution in [0.5, 0.6) is 0 Å². The predicted octanol–water partition coefficient (Wildman–Crippen LogP) is 2.20. The number of ether oxygens (including phenoxy) is 2. The summed E-state index contributed by atoms with van der Waals surface area (Å²) < 4.78 is 25.7. The lowest BCUT2D eigenvalue weighted by molar-refractivity contribution is 0.0684. The number of unbranched alkanes of at least 4 members (excludes halogenated alkanes) is 1.